The van der Waals surface area contributed by atoms with Gasteiger partial charge in [0.15, 0.2) is 0 Å². The predicted octanol–water partition coefficient (Wildman–Crippen LogP) is 0.806. The lowest BCUT2D eigenvalue weighted by molar-refractivity contribution is 0.0960. The molecule has 0 bridgehead atoms. The predicted molar refractivity (Wildman–Crippen MR) is 123 cm³/mol. The Hall–Kier alpha value is -3.33. The van der Waals surface area contributed by atoms with Crippen molar-refractivity contribution in [3.63, 3.8) is 0 Å². The number of nitrogens with one attached hydrogen (secondary N) is 2. The molecule has 9 nitrogen and oxygen atoms in total. The fourth-order valence-electron chi connectivity index (χ4n) is 5.00. The Bertz CT molecular complexity index is 1300. The lowest BCUT2D eigenvalue weighted by Crippen LogP contribution is -2.56. The number of H-pyrrole nitrogens is 1. The van der Waals surface area contributed by atoms with Gasteiger partial charge >= 0.3 is 0 Å². The molecule has 5 heterocycles. The largest absolute Gasteiger partial charge is 0.355 e. The molecule has 0 aliphatic carbocycles. The normalized spacial score (nSPS) is 18.4. The van der Waals surface area contributed by atoms with Crippen LogP contribution in [0.15, 0.2) is 40.2 Å². The Morgan fingerprint density at radius 3 is 2.81 bits per heavy atom. The highest BCUT2D eigenvalue weighted by molar-refractivity contribution is 5.93. The molecule has 0 saturated carbocycles. The molecule has 2 N–H and O–H groups in total. The maximum atomic E-state index is 12.8. The number of hydrogen-bond donors (Lipinski definition) is 2. The van der Waals surface area contributed by atoms with Crippen molar-refractivity contribution in [1.29, 1.82) is 0 Å². The van der Waals surface area contributed by atoms with Gasteiger partial charge in [0.25, 0.3) is 17.0 Å². The first kappa shape index (κ1) is 20.6. The quantitative estimate of drug-likeness (QED) is 0.631. The first-order chi connectivity index (χ1) is 15.5. The van der Waals surface area contributed by atoms with Gasteiger partial charge in [-0.25, -0.2) is 0 Å². The lowest BCUT2D eigenvalue weighted by Gasteiger charge is -2.46. The van der Waals surface area contributed by atoms with Gasteiger partial charge in [-0.05, 0) is 36.6 Å². The third kappa shape index (κ3) is 3.42. The molecule has 2 aliphatic heterocycles. The number of piperazine rings is 1. The van der Waals surface area contributed by atoms with Gasteiger partial charge < -0.3 is 19.6 Å². The van der Waals surface area contributed by atoms with Crippen molar-refractivity contribution in [3.8, 4) is 0 Å². The summed E-state index contributed by atoms with van der Waals surface area (Å²) in [5.41, 5.74) is 2.73. The molecule has 1 unspecified atom stereocenters. The second-order valence-electron chi connectivity index (χ2n) is 8.62. The van der Waals surface area contributed by atoms with Gasteiger partial charge in [0.2, 0.25) is 0 Å². The minimum atomic E-state index is -0.343. The topological polar surface area (TPSA) is 94.8 Å². The molecule has 1 saturated heterocycles. The summed E-state index contributed by atoms with van der Waals surface area (Å²) in [5, 5.41) is 2.54. The number of nitrogens with zero attached hydrogens (tertiary/aromatic N) is 4. The molecule has 2 aliphatic rings. The van der Waals surface area contributed by atoms with E-state index in [4.69, 9.17) is 0 Å². The summed E-state index contributed by atoms with van der Waals surface area (Å²) in [4.78, 5) is 44.5. The molecule has 0 aromatic carbocycles. The van der Waals surface area contributed by atoms with E-state index in [1.165, 1.54) is 12.6 Å². The van der Waals surface area contributed by atoms with Crippen molar-refractivity contribution < 1.29 is 4.79 Å². The summed E-state index contributed by atoms with van der Waals surface area (Å²) in [6.07, 6.45) is 5.58. The fourth-order valence-corrected chi connectivity index (χ4v) is 5.00. The molecule has 5 rings (SSSR count). The Kier molecular flexibility index (Phi) is 5.13. The van der Waals surface area contributed by atoms with Crippen LogP contribution >= 0.6 is 0 Å². The number of fused-ring (bicyclic) bond motifs is 4. The number of aromatic nitrogens is 3. The molecule has 0 spiro atoms. The van der Waals surface area contributed by atoms with E-state index in [9.17, 15) is 14.4 Å². The van der Waals surface area contributed by atoms with E-state index in [1.807, 2.05) is 29.7 Å². The zero-order valence-corrected chi connectivity index (χ0v) is 18.4. The number of aryl methyl sites for hydroxylation is 1. The number of rotatable bonds is 4. The zero-order valence-electron chi connectivity index (χ0n) is 18.4. The summed E-state index contributed by atoms with van der Waals surface area (Å²) in [7, 11) is 1.54. The van der Waals surface area contributed by atoms with E-state index in [0.29, 0.717) is 19.0 Å². The number of carbonyl (C=O) groups excluding carboxylic acids is 1. The van der Waals surface area contributed by atoms with Crippen LogP contribution in [0.1, 0.15) is 34.8 Å². The van der Waals surface area contributed by atoms with Gasteiger partial charge in [-0.2, -0.15) is 0 Å². The summed E-state index contributed by atoms with van der Waals surface area (Å²) < 4.78 is 3.73. The molecule has 168 valence electrons. The van der Waals surface area contributed by atoms with Crippen molar-refractivity contribution in [3.05, 3.63) is 68.0 Å². The molecule has 9 heteroatoms. The highest BCUT2D eigenvalue weighted by Crippen LogP contribution is 2.27. The van der Waals surface area contributed by atoms with Crippen LogP contribution in [0.3, 0.4) is 0 Å². The molecular formula is C23H28N6O3. The van der Waals surface area contributed by atoms with E-state index in [-0.39, 0.29) is 22.6 Å². The van der Waals surface area contributed by atoms with E-state index in [0.717, 1.165) is 49.6 Å². The van der Waals surface area contributed by atoms with Crippen molar-refractivity contribution in [2.24, 2.45) is 0 Å². The number of anilines is 1. The second kappa shape index (κ2) is 7.98. The Labute approximate surface area is 185 Å². The first-order valence-electron chi connectivity index (χ1n) is 11.2. The minimum Gasteiger partial charge on any atom is -0.355 e. The van der Waals surface area contributed by atoms with Crippen molar-refractivity contribution >= 4 is 17.4 Å². The summed E-state index contributed by atoms with van der Waals surface area (Å²) in [5.74, 6) is 0.558. The van der Waals surface area contributed by atoms with Crippen molar-refractivity contribution in [1.82, 2.24) is 24.2 Å². The van der Waals surface area contributed by atoms with E-state index < -0.39 is 0 Å². The van der Waals surface area contributed by atoms with E-state index in [2.05, 4.69) is 26.3 Å². The SMILES string of the molecule is CCc1cn2cc(CN3CCN4c5ccc(C(=O)NC)c(=O)n5CCC4C3)cc2[nH]c1=O. The van der Waals surface area contributed by atoms with Crippen LogP contribution in [-0.4, -0.2) is 57.5 Å². The maximum Gasteiger partial charge on any atom is 0.264 e. The summed E-state index contributed by atoms with van der Waals surface area (Å²) in [6, 6.07) is 5.91. The Morgan fingerprint density at radius 2 is 2.03 bits per heavy atom. The molecule has 1 amide bonds. The van der Waals surface area contributed by atoms with Gasteiger partial charge in [-0.15, -0.1) is 0 Å². The molecule has 32 heavy (non-hydrogen) atoms. The number of hydrogen-bond acceptors (Lipinski definition) is 5. The Balaban J connectivity index is 1.33. The highest BCUT2D eigenvalue weighted by Gasteiger charge is 2.33. The standard InChI is InChI=1S/C23H28N6O3/c1-3-16-13-27-12-15(10-19(27)25-21(16)30)11-26-8-9-28-17(14-26)6-7-29-20(28)5-4-18(23(29)32)22(31)24-2/h4-5,10,12-13,17H,3,6-9,11,14H2,1-2H3,(H,24,31)(H,25,30). The van der Waals surface area contributed by atoms with Crippen LogP contribution in [0, 0.1) is 0 Å². The van der Waals surface area contributed by atoms with Gasteiger partial charge in [-0.3, -0.25) is 23.9 Å². The second-order valence-corrected chi connectivity index (χ2v) is 8.62. The summed E-state index contributed by atoms with van der Waals surface area (Å²) in [6.45, 7) is 6.03. The van der Waals surface area contributed by atoms with Crippen LogP contribution in [0.5, 0.6) is 0 Å². The van der Waals surface area contributed by atoms with Crippen LogP contribution in [0.2, 0.25) is 0 Å². The first-order valence-corrected chi connectivity index (χ1v) is 11.2. The van der Waals surface area contributed by atoms with Crippen LogP contribution in [0.25, 0.3) is 5.65 Å². The van der Waals surface area contributed by atoms with E-state index in [1.54, 1.807) is 10.6 Å². The summed E-state index contributed by atoms with van der Waals surface area (Å²) >= 11 is 0. The third-order valence-electron chi connectivity index (χ3n) is 6.69. The number of carbonyl (C=O) groups is 1. The molecule has 1 atom stereocenters. The average molecular weight is 437 g/mol. The zero-order chi connectivity index (χ0) is 22.4. The smallest absolute Gasteiger partial charge is 0.264 e. The average Bonchev–Trinajstić information content (AvgIpc) is 3.18. The molecule has 0 radical (unpaired) electrons. The highest BCUT2D eigenvalue weighted by atomic mass is 16.2. The van der Waals surface area contributed by atoms with Crippen molar-refractivity contribution in [2.75, 3.05) is 31.6 Å². The van der Waals surface area contributed by atoms with Crippen molar-refractivity contribution in [2.45, 2.75) is 38.9 Å². The monoisotopic (exact) mass is 436 g/mol. The Morgan fingerprint density at radius 1 is 1.19 bits per heavy atom. The van der Waals surface area contributed by atoms with Gasteiger partial charge in [0, 0.05) is 63.8 Å². The maximum absolute atomic E-state index is 12.8. The molecule has 1 fully saturated rings. The fraction of sp³-hybridized carbons (Fsp3) is 0.435. The number of aromatic amines is 1. The third-order valence-corrected chi connectivity index (χ3v) is 6.69. The number of amides is 1. The molecule has 3 aromatic heterocycles. The lowest BCUT2D eigenvalue weighted by atomic mass is 10.0. The van der Waals surface area contributed by atoms with Crippen LogP contribution in [-0.2, 0) is 19.5 Å². The van der Waals surface area contributed by atoms with Gasteiger partial charge in [-0.1, -0.05) is 6.92 Å². The van der Waals surface area contributed by atoms with Gasteiger partial charge in [0.1, 0.15) is 17.0 Å². The number of pyridine rings is 1. The minimum absolute atomic E-state index is 0.0195. The van der Waals surface area contributed by atoms with Gasteiger partial charge in [0.05, 0.1) is 0 Å². The van der Waals surface area contributed by atoms with Crippen LogP contribution < -0.4 is 21.3 Å². The molecular weight excluding hydrogens is 408 g/mol. The molecule has 3 aromatic rings. The van der Waals surface area contributed by atoms with Crippen LogP contribution in [0.4, 0.5) is 5.82 Å². The van der Waals surface area contributed by atoms with E-state index >= 15 is 0 Å².